The third-order valence-corrected chi connectivity index (χ3v) is 3.43. The molecule has 0 saturated carbocycles. The van der Waals surface area contributed by atoms with Gasteiger partial charge in [-0.3, -0.25) is 9.59 Å². The molecule has 0 bridgehead atoms. The Hall–Kier alpha value is -2.76. The van der Waals surface area contributed by atoms with Crippen molar-refractivity contribution in [1.82, 2.24) is 10.6 Å². The zero-order chi connectivity index (χ0) is 17.4. The van der Waals surface area contributed by atoms with Crippen molar-refractivity contribution < 1.29 is 18.7 Å². The first kappa shape index (κ1) is 17.6. The van der Waals surface area contributed by atoms with Gasteiger partial charge in [0.15, 0.2) is 0 Å². The largest absolute Gasteiger partial charge is 0.492 e. The molecular formula is C18H22N2O4. The van der Waals surface area contributed by atoms with Crippen molar-refractivity contribution >= 4 is 11.8 Å². The van der Waals surface area contributed by atoms with Crippen LogP contribution in [0.25, 0.3) is 0 Å². The van der Waals surface area contributed by atoms with Crippen molar-refractivity contribution in [3.05, 3.63) is 54.0 Å². The van der Waals surface area contributed by atoms with Crippen LogP contribution in [0.1, 0.15) is 35.7 Å². The quantitative estimate of drug-likeness (QED) is 0.728. The summed E-state index contributed by atoms with van der Waals surface area (Å²) in [5.74, 6) is 0.628. The fraction of sp³-hybridized carbons (Fsp3) is 0.333. The smallest absolute Gasteiger partial charge is 0.254 e. The van der Waals surface area contributed by atoms with Gasteiger partial charge in [0, 0.05) is 0 Å². The molecule has 0 spiro atoms. The van der Waals surface area contributed by atoms with E-state index in [0.29, 0.717) is 24.6 Å². The summed E-state index contributed by atoms with van der Waals surface area (Å²) in [6.45, 7) is 4.91. The van der Waals surface area contributed by atoms with Crippen LogP contribution in [-0.2, 0) is 4.79 Å². The monoisotopic (exact) mass is 330 g/mol. The maximum absolute atomic E-state index is 11.6. The van der Waals surface area contributed by atoms with Crippen molar-refractivity contribution in [2.45, 2.75) is 19.8 Å². The van der Waals surface area contributed by atoms with Gasteiger partial charge in [-0.2, -0.15) is 0 Å². The van der Waals surface area contributed by atoms with E-state index >= 15 is 0 Å². The van der Waals surface area contributed by atoms with Gasteiger partial charge in [0.1, 0.15) is 18.6 Å². The van der Waals surface area contributed by atoms with E-state index in [1.54, 1.807) is 0 Å². The van der Waals surface area contributed by atoms with Gasteiger partial charge in [-0.15, -0.1) is 0 Å². The first-order valence-electron chi connectivity index (χ1n) is 7.86. The number of rotatable bonds is 8. The molecular weight excluding hydrogens is 308 g/mol. The summed E-state index contributed by atoms with van der Waals surface area (Å²) in [5.41, 5.74) is 1.64. The lowest BCUT2D eigenvalue weighted by molar-refractivity contribution is -0.120. The van der Waals surface area contributed by atoms with E-state index < -0.39 is 0 Å². The Morgan fingerprint density at radius 1 is 1.12 bits per heavy atom. The van der Waals surface area contributed by atoms with Crippen LogP contribution in [-0.4, -0.2) is 31.5 Å². The van der Waals surface area contributed by atoms with Gasteiger partial charge >= 0.3 is 0 Å². The summed E-state index contributed by atoms with van der Waals surface area (Å²) in [4.78, 5) is 23.3. The second-order valence-corrected chi connectivity index (χ2v) is 5.62. The SMILES string of the molecule is CC(C)c1ccc(OCCNC(=O)CNC(=O)c2ccoc2)cc1. The molecule has 2 N–H and O–H groups in total. The number of hydrogen-bond acceptors (Lipinski definition) is 4. The lowest BCUT2D eigenvalue weighted by Gasteiger charge is -2.10. The van der Waals surface area contributed by atoms with E-state index in [0.717, 1.165) is 5.75 Å². The molecule has 0 atom stereocenters. The Labute approximate surface area is 141 Å². The lowest BCUT2D eigenvalue weighted by Crippen LogP contribution is -2.38. The average molecular weight is 330 g/mol. The molecule has 2 rings (SSSR count). The fourth-order valence-electron chi connectivity index (χ4n) is 2.03. The Morgan fingerprint density at radius 3 is 2.50 bits per heavy atom. The molecule has 128 valence electrons. The number of carbonyl (C=O) groups excluding carboxylic acids is 2. The van der Waals surface area contributed by atoms with E-state index in [1.807, 2.05) is 24.3 Å². The molecule has 2 amide bonds. The van der Waals surface area contributed by atoms with Gasteiger partial charge in [0.2, 0.25) is 5.91 Å². The molecule has 0 fully saturated rings. The molecule has 1 heterocycles. The number of carbonyl (C=O) groups is 2. The van der Waals surface area contributed by atoms with Gasteiger partial charge in [-0.25, -0.2) is 0 Å². The first-order chi connectivity index (χ1) is 11.6. The number of nitrogens with one attached hydrogen (secondary N) is 2. The van der Waals surface area contributed by atoms with Crippen molar-refractivity contribution in [2.24, 2.45) is 0 Å². The van der Waals surface area contributed by atoms with Crippen LogP contribution in [0, 0.1) is 0 Å². The number of benzene rings is 1. The highest BCUT2D eigenvalue weighted by molar-refractivity contribution is 5.96. The van der Waals surface area contributed by atoms with Gasteiger partial charge in [0.05, 0.1) is 24.9 Å². The van der Waals surface area contributed by atoms with E-state index in [2.05, 4.69) is 24.5 Å². The predicted octanol–water partition coefficient (Wildman–Crippen LogP) is 2.33. The summed E-state index contributed by atoms with van der Waals surface area (Å²) in [6, 6.07) is 9.43. The van der Waals surface area contributed by atoms with Crippen LogP contribution in [0.15, 0.2) is 47.3 Å². The molecule has 0 aliphatic carbocycles. The topological polar surface area (TPSA) is 80.6 Å². The fourth-order valence-corrected chi connectivity index (χ4v) is 2.03. The second kappa shape index (κ2) is 8.76. The highest BCUT2D eigenvalue weighted by atomic mass is 16.5. The number of amides is 2. The van der Waals surface area contributed by atoms with Crippen LogP contribution >= 0.6 is 0 Å². The Morgan fingerprint density at radius 2 is 1.88 bits per heavy atom. The normalized spacial score (nSPS) is 10.5. The number of ether oxygens (including phenoxy) is 1. The third kappa shape index (κ3) is 5.46. The summed E-state index contributed by atoms with van der Waals surface area (Å²) in [6.07, 6.45) is 2.73. The van der Waals surface area contributed by atoms with E-state index in [9.17, 15) is 9.59 Å². The maximum atomic E-state index is 11.6. The van der Waals surface area contributed by atoms with E-state index in [-0.39, 0.29) is 18.4 Å². The summed E-state index contributed by atoms with van der Waals surface area (Å²) < 4.78 is 10.4. The first-order valence-corrected chi connectivity index (χ1v) is 7.86. The maximum Gasteiger partial charge on any atom is 0.254 e. The Balaban J connectivity index is 1.61. The molecule has 1 aromatic heterocycles. The van der Waals surface area contributed by atoms with Crippen molar-refractivity contribution in [3.63, 3.8) is 0 Å². The molecule has 0 aliphatic rings. The molecule has 1 aromatic carbocycles. The van der Waals surface area contributed by atoms with E-state index in [1.165, 1.54) is 24.2 Å². The van der Waals surface area contributed by atoms with Gasteiger partial charge in [0.25, 0.3) is 5.91 Å². The van der Waals surface area contributed by atoms with Gasteiger partial charge < -0.3 is 19.8 Å². The van der Waals surface area contributed by atoms with Crippen LogP contribution in [0.2, 0.25) is 0 Å². The zero-order valence-corrected chi connectivity index (χ0v) is 13.9. The van der Waals surface area contributed by atoms with E-state index in [4.69, 9.17) is 9.15 Å². The number of hydrogen-bond donors (Lipinski definition) is 2. The highest BCUT2D eigenvalue weighted by Gasteiger charge is 2.08. The Bertz CT molecular complexity index is 648. The minimum Gasteiger partial charge on any atom is -0.492 e. The third-order valence-electron chi connectivity index (χ3n) is 3.43. The molecule has 0 saturated heterocycles. The minimum absolute atomic E-state index is 0.0902. The molecule has 6 nitrogen and oxygen atoms in total. The van der Waals surface area contributed by atoms with Crippen LogP contribution < -0.4 is 15.4 Å². The van der Waals surface area contributed by atoms with Crippen molar-refractivity contribution in [2.75, 3.05) is 19.7 Å². The molecule has 2 aromatic rings. The van der Waals surface area contributed by atoms with Crippen LogP contribution in [0.5, 0.6) is 5.75 Å². The number of furan rings is 1. The molecule has 0 unspecified atom stereocenters. The van der Waals surface area contributed by atoms with Gasteiger partial charge in [-0.05, 0) is 29.7 Å². The van der Waals surface area contributed by atoms with Crippen molar-refractivity contribution in [3.8, 4) is 5.75 Å². The van der Waals surface area contributed by atoms with Crippen molar-refractivity contribution in [1.29, 1.82) is 0 Å². The standard InChI is InChI=1S/C18H22N2O4/c1-13(2)14-3-5-16(6-4-14)24-10-8-19-17(21)11-20-18(22)15-7-9-23-12-15/h3-7,9,12-13H,8,10-11H2,1-2H3,(H,19,21)(H,20,22). The zero-order valence-electron chi connectivity index (χ0n) is 13.9. The van der Waals surface area contributed by atoms with Crippen LogP contribution in [0.3, 0.4) is 0 Å². The summed E-state index contributed by atoms with van der Waals surface area (Å²) in [5, 5.41) is 5.19. The minimum atomic E-state index is -0.347. The Kier molecular flexibility index (Phi) is 6.42. The predicted molar refractivity (Wildman–Crippen MR) is 90.1 cm³/mol. The highest BCUT2D eigenvalue weighted by Crippen LogP contribution is 2.18. The van der Waals surface area contributed by atoms with Gasteiger partial charge in [-0.1, -0.05) is 26.0 Å². The molecule has 24 heavy (non-hydrogen) atoms. The molecule has 0 aliphatic heterocycles. The summed E-state index contributed by atoms with van der Waals surface area (Å²) in [7, 11) is 0. The molecule has 0 radical (unpaired) electrons. The summed E-state index contributed by atoms with van der Waals surface area (Å²) >= 11 is 0. The van der Waals surface area contributed by atoms with Crippen LogP contribution in [0.4, 0.5) is 0 Å². The lowest BCUT2D eigenvalue weighted by atomic mass is 10.0. The molecule has 6 heteroatoms. The second-order valence-electron chi connectivity index (χ2n) is 5.62. The average Bonchev–Trinajstić information content (AvgIpc) is 3.11.